The number of carbonyl (C=O) groups is 1. The molecule has 1 atom stereocenters. The molecular formula is C17H24N2O. The Balaban J connectivity index is 1.60. The van der Waals surface area contributed by atoms with Crippen molar-refractivity contribution >= 4 is 5.91 Å². The van der Waals surface area contributed by atoms with Gasteiger partial charge in [0.15, 0.2) is 0 Å². The molecule has 2 fully saturated rings. The van der Waals surface area contributed by atoms with Gasteiger partial charge in [-0.2, -0.15) is 0 Å². The lowest BCUT2D eigenvalue weighted by Crippen LogP contribution is -2.52. The van der Waals surface area contributed by atoms with Crippen molar-refractivity contribution in [1.82, 2.24) is 10.6 Å². The van der Waals surface area contributed by atoms with Crippen molar-refractivity contribution in [1.29, 1.82) is 0 Å². The van der Waals surface area contributed by atoms with E-state index in [1.54, 1.807) is 0 Å². The number of carbonyl (C=O) groups excluding carboxylic acids is 1. The molecule has 20 heavy (non-hydrogen) atoms. The third-order valence-electron chi connectivity index (χ3n) is 5.23. The molecule has 3 rings (SSSR count). The van der Waals surface area contributed by atoms with E-state index in [1.807, 2.05) is 0 Å². The molecular weight excluding hydrogens is 248 g/mol. The first-order valence-corrected chi connectivity index (χ1v) is 7.75. The average Bonchev–Trinajstić information content (AvgIpc) is 2.36. The number of benzene rings is 1. The molecule has 1 heterocycles. The summed E-state index contributed by atoms with van der Waals surface area (Å²) in [5, 5.41) is 6.44. The van der Waals surface area contributed by atoms with E-state index in [0.29, 0.717) is 5.92 Å². The van der Waals surface area contributed by atoms with E-state index in [4.69, 9.17) is 0 Å². The summed E-state index contributed by atoms with van der Waals surface area (Å²) >= 11 is 0. The van der Waals surface area contributed by atoms with E-state index >= 15 is 0 Å². The quantitative estimate of drug-likeness (QED) is 0.861. The highest BCUT2D eigenvalue weighted by molar-refractivity contribution is 5.79. The van der Waals surface area contributed by atoms with Gasteiger partial charge in [-0.1, -0.05) is 43.7 Å². The molecule has 1 amide bonds. The zero-order chi connectivity index (χ0) is 14.0. The SMILES string of the molecule is CC(C(=O)NCC1(c2ccccc2)CCC1)C1CNC1. The maximum Gasteiger partial charge on any atom is 0.223 e. The standard InChI is InChI=1S/C17H24N2O/c1-13(14-10-18-11-14)16(20)19-12-17(8-5-9-17)15-6-3-2-4-7-15/h2-4,6-7,13-14,18H,5,8-12H2,1H3,(H,19,20). The first-order chi connectivity index (χ1) is 9.71. The second kappa shape index (κ2) is 5.57. The largest absolute Gasteiger partial charge is 0.355 e. The molecule has 1 saturated carbocycles. The number of rotatable bonds is 5. The van der Waals surface area contributed by atoms with E-state index in [0.717, 1.165) is 19.6 Å². The summed E-state index contributed by atoms with van der Waals surface area (Å²) in [4.78, 5) is 12.3. The van der Waals surface area contributed by atoms with Gasteiger partial charge in [-0.3, -0.25) is 4.79 Å². The van der Waals surface area contributed by atoms with Gasteiger partial charge >= 0.3 is 0 Å². The van der Waals surface area contributed by atoms with Crippen LogP contribution in [-0.2, 0) is 10.2 Å². The lowest BCUT2D eigenvalue weighted by atomic mass is 9.64. The Kier molecular flexibility index (Phi) is 3.79. The molecule has 0 bridgehead atoms. The summed E-state index contributed by atoms with van der Waals surface area (Å²) in [5.41, 5.74) is 1.57. The number of hydrogen-bond donors (Lipinski definition) is 2. The topological polar surface area (TPSA) is 41.1 Å². The van der Waals surface area contributed by atoms with Gasteiger partial charge in [-0.25, -0.2) is 0 Å². The second-order valence-corrected chi connectivity index (χ2v) is 6.42. The number of amides is 1. The summed E-state index contributed by atoms with van der Waals surface area (Å²) in [6.07, 6.45) is 3.65. The van der Waals surface area contributed by atoms with Gasteiger partial charge < -0.3 is 10.6 Å². The molecule has 2 N–H and O–H groups in total. The first-order valence-electron chi connectivity index (χ1n) is 7.75. The predicted molar refractivity (Wildman–Crippen MR) is 80.5 cm³/mol. The molecule has 0 radical (unpaired) electrons. The van der Waals surface area contributed by atoms with Gasteiger partial charge in [0.25, 0.3) is 0 Å². The van der Waals surface area contributed by atoms with Crippen molar-refractivity contribution in [2.45, 2.75) is 31.6 Å². The van der Waals surface area contributed by atoms with Crippen molar-refractivity contribution in [3.05, 3.63) is 35.9 Å². The number of nitrogens with one attached hydrogen (secondary N) is 2. The monoisotopic (exact) mass is 272 g/mol. The highest BCUT2D eigenvalue weighted by atomic mass is 16.1. The van der Waals surface area contributed by atoms with Crippen LogP contribution in [-0.4, -0.2) is 25.5 Å². The Morgan fingerprint density at radius 3 is 2.55 bits per heavy atom. The molecule has 1 aromatic carbocycles. The fourth-order valence-corrected chi connectivity index (χ4v) is 3.26. The fraction of sp³-hybridized carbons (Fsp3) is 0.588. The van der Waals surface area contributed by atoms with E-state index in [9.17, 15) is 4.79 Å². The summed E-state index contributed by atoms with van der Waals surface area (Å²) in [7, 11) is 0. The Bertz CT molecular complexity index is 463. The highest BCUT2D eigenvalue weighted by Gasteiger charge is 2.39. The summed E-state index contributed by atoms with van der Waals surface area (Å²) in [6, 6.07) is 10.6. The zero-order valence-corrected chi connectivity index (χ0v) is 12.2. The summed E-state index contributed by atoms with van der Waals surface area (Å²) in [5.74, 6) is 0.868. The molecule has 108 valence electrons. The highest BCUT2D eigenvalue weighted by Crippen LogP contribution is 2.43. The van der Waals surface area contributed by atoms with E-state index < -0.39 is 0 Å². The van der Waals surface area contributed by atoms with Crippen LogP contribution >= 0.6 is 0 Å². The van der Waals surface area contributed by atoms with Crippen LogP contribution in [0, 0.1) is 11.8 Å². The van der Waals surface area contributed by atoms with Crippen LogP contribution in [0.4, 0.5) is 0 Å². The zero-order valence-electron chi connectivity index (χ0n) is 12.2. The van der Waals surface area contributed by atoms with Gasteiger partial charge in [0.2, 0.25) is 5.91 Å². The van der Waals surface area contributed by atoms with Crippen LogP contribution in [0.15, 0.2) is 30.3 Å². The van der Waals surface area contributed by atoms with Gasteiger partial charge in [0.1, 0.15) is 0 Å². The van der Waals surface area contributed by atoms with Gasteiger partial charge in [0.05, 0.1) is 0 Å². The minimum absolute atomic E-state index is 0.129. The van der Waals surface area contributed by atoms with Gasteiger partial charge in [-0.15, -0.1) is 0 Å². The Hall–Kier alpha value is -1.35. The summed E-state index contributed by atoms with van der Waals surface area (Å²) in [6.45, 7) is 4.81. The smallest absolute Gasteiger partial charge is 0.223 e. The van der Waals surface area contributed by atoms with Gasteiger partial charge in [0, 0.05) is 17.9 Å². The van der Waals surface area contributed by atoms with Crippen molar-refractivity contribution in [3.63, 3.8) is 0 Å². The van der Waals surface area contributed by atoms with Crippen LogP contribution in [0.25, 0.3) is 0 Å². The third kappa shape index (κ3) is 2.47. The maximum atomic E-state index is 12.3. The third-order valence-corrected chi connectivity index (χ3v) is 5.23. The van der Waals surface area contributed by atoms with Crippen molar-refractivity contribution < 1.29 is 4.79 Å². The van der Waals surface area contributed by atoms with Crippen molar-refractivity contribution in [2.24, 2.45) is 11.8 Å². The molecule has 0 spiro atoms. The minimum Gasteiger partial charge on any atom is -0.355 e. The molecule has 3 heteroatoms. The van der Waals surface area contributed by atoms with Crippen LogP contribution < -0.4 is 10.6 Å². The van der Waals surface area contributed by atoms with Gasteiger partial charge in [-0.05, 0) is 37.4 Å². The van der Waals surface area contributed by atoms with Crippen molar-refractivity contribution in [3.8, 4) is 0 Å². The maximum absolute atomic E-state index is 12.3. The molecule has 1 aliphatic carbocycles. The Labute approximate surface area is 121 Å². The molecule has 1 saturated heterocycles. The molecule has 0 aromatic heterocycles. The average molecular weight is 272 g/mol. The first kappa shape index (κ1) is 13.6. The van der Waals surface area contributed by atoms with E-state index in [1.165, 1.54) is 24.8 Å². The van der Waals surface area contributed by atoms with Crippen LogP contribution in [0.1, 0.15) is 31.7 Å². The normalized spacial score (nSPS) is 22.4. The predicted octanol–water partition coefficient (Wildman–Crippen LogP) is 2.08. The Morgan fingerprint density at radius 2 is 2.05 bits per heavy atom. The van der Waals surface area contributed by atoms with Crippen LogP contribution in [0.5, 0.6) is 0 Å². The lowest BCUT2D eigenvalue weighted by Gasteiger charge is -2.43. The minimum atomic E-state index is 0.129. The molecule has 1 aliphatic heterocycles. The van der Waals surface area contributed by atoms with E-state index in [2.05, 4.69) is 47.9 Å². The van der Waals surface area contributed by atoms with Crippen molar-refractivity contribution in [2.75, 3.05) is 19.6 Å². The summed E-state index contributed by atoms with van der Waals surface area (Å²) < 4.78 is 0. The van der Waals surface area contributed by atoms with Crippen LogP contribution in [0.2, 0.25) is 0 Å². The second-order valence-electron chi connectivity index (χ2n) is 6.42. The van der Waals surface area contributed by atoms with E-state index in [-0.39, 0.29) is 17.2 Å². The van der Waals surface area contributed by atoms with Crippen LogP contribution in [0.3, 0.4) is 0 Å². The molecule has 1 aromatic rings. The molecule has 3 nitrogen and oxygen atoms in total. The fourth-order valence-electron chi connectivity index (χ4n) is 3.26. The Morgan fingerprint density at radius 1 is 1.35 bits per heavy atom. The molecule has 1 unspecified atom stereocenters. The lowest BCUT2D eigenvalue weighted by molar-refractivity contribution is -0.127. The molecule has 2 aliphatic rings. The number of hydrogen-bond acceptors (Lipinski definition) is 2.